The number of ether oxygens (including phenoxy) is 4. The van der Waals surface area contributed by atoms with Crippen LogP contribution in [0.5, 0.6) is 0 Å². The van der Waals surface area contributed by atoms with E-state index in [1.54, 1.807) is 0 Å². The van der Waals surface area contributed by atoms with E-state index in [9.17, 15) is 0 Å². The standard InChI is InChI=1S/C74H88N18O4/c1-7-67(81-13-1)43-75-37-55-25-56(38-76-44-68-8-2-14-82-68)30-63(29-55)65-33-59(41-79-47-71-11-5-17-85-71)27-61(35-65)49-91-51-73(87-89-91)53-95-23-21-93-19-20-94-22-24-96-54-74-52-92(90-88-74)50-62-28-60(42-80-48-72-12-6-18-86-72)34-66(36-62)64-31-57(39-77-45-69-9-3-15-83-69)26-58(32-64)40-78-46-70-10-4-16-84-70/h1-18,25-36,51-52,75-86H,19-24,37-50,53-54H2. The molecule has 0 aliphatic rings. The van der Waals surface area contributed by atoms with Gasteiger partial charge in [0, 0.05) is 150 Å². The molecule has 0 atom stereocenters. The molecule has 0 spiro atoms. The topological polar surface area (TPSA) is 265 Å². The summed E-state index contributed by atoms with van der Waals surface area (Å²) in [7, 11) is 0. The molecule has 22 nitrogen and oxygen atoms in total. The molecule has 8 aromatic heterocycles. The van der Waals surface area contributed by atoms with Gasteiger partial charge in [-0.05, 0) is 188 Å². The highest BCUT2D eigenvalue weighted by atomic mass is 16.6. The van der Waals surface area contributed by atoms with Crippen LogP contribution in [0.1, 0.15) is 90.1 Å². The Bertz CT molecular complexity index is 3740. The number of hydrogen-bond acceptors (Lipinski definition) is 14. The van der Waals surface area contributed by atoms with Crippen LogP contribution in [0, 0.1) is 0 Å². The maximum absolute atomic E-state index is 5.96. The van der Waals surface area contributed by atoms with Gasteiger partial charge in [0.1, 0.15) is 11.4 Å². The van der Waals surface area contributed by atoms with Crippen LogP contribution >= 0.6 is 0 Å². The molecule has 0 fully saturated rings. The summed E-state index contributed by atoms with van der Waals surface area (Å²) < 4.78 is 27.3. The molecule has 0 saturated heterocycles. The van der Waals surface area contributed by atoms with Crippen molar-refractivity contribution in [3.8, 4) is 22.3 Å². The highest BCUT2D eigenvalue weighted by Crippen LogP contribution is 2.29. The lowest BCUT2D eigenvalue weighted by molar-refractivity contribution is -0.00679. The molecule has 12 aromatic rings. The Morgan fingerprint density at radius 1 is 0.281 bits per heavy atom. The Morgan fingerprint density at radius 3 is 0.771 bits per heavy atom. The third-order valence-corrected chi connectivity index (χ3v) is 16.2. The molecular formula is C74H88N18O4. The number of nitrogens with one attached hydrogen (secondary N) is 12. The van der Waals surface area contributed by atoms with Gasteiger partial charge >= 0.3 is 0 Å². The van der Waals surface area contributed by atoms with Crippen molar-refractivity contribution in [2.75, 3.05) is 39.6 Å². The summed E-state index contributed by atoms with van der Waals surface area (Å²) in [6, 6.07) is 52.2. The SMILES string of the molecule is c1c[nH]c(CNCc2cc(CNCc3ccc[nH]3)cc(-c3cc(CNCc4ccc[nH]4)cc(Cn4cc(COCCOCCOCCOCc5cn(Cc6cc(CNCc7ccc[nH]7)cc(-c7cc(CNCc8ccc[nH]8)cc(CNCc8ccc[nH]8)c7)c6)nn5)nn4)c3)c2)c1. The predicted octanol–water partition coefficient (Wildman–Crippen LogP) is 9.77. The summed E-state index contributed by atoms with van der Waals surface area (Å²) in [5, 5.41) is 39.7. The maximum Gasteiger partial charge on any atom is 0.108 e. The second-order valence-electron chi connectivity index (χ2n) is 24.1. The molecule has 12 rings (SSSR count). The smallest absolute Gasteiger partial charge is 0.108 e. The Kier molecular flexibility index (Phi) is 24.8. The summed E-state index contributed by atoms with van der Waals surface area (Å²) in [5.41, 5.74) is 22.5. The van der Waals surface area contributed by atoms with Crippen molar-refractivity contribution in [2.45, 2.75) is 105 Å². The number of H-pyrrole nitrogens is 6. The highest BCUT2D eigenvalue weighted by molar-refractivity contribution is 5.68. The van der Waals surface area contributed by atoms with Gasteiger partial charge < -0.3 is 80.8 Å². The fourth-order valence-electron chi connectivity index (χ4n) is 11.7. The molecule has 498 valence electrons. The maximum atomic E-state index is 5.96. The van der Waals surface area contributed by atoms with E-state index in [1.807, 2.05) is 95.3 Å². The second-order valence-corrected chi connectivity index (χ2v) is 24.1. The third kappa shape index (κ3) is 21.5. The fourth-order valence-corrected chi connectivity index (χ4v) is 11.7. The largest absolute Gasteiger partial charge is 0.377 e. The molecule has 0 radical (unpaired) electrons. The van der Waals surface area contributed by atoms with Gasteiger partial charge in [0.2, 0.25) is 0 Å². The molecule has 0 bridgehead atoms. The number of benzene rings is 4. The van der Waals surface area contributed by atoms with Crippen LogP contribution in [0.2, 0.25) is 0 Å². The van der Waals surface area contributed by atoms with Crippen LogP contribution in [-0.4, -0.2) is 99.5 Å². The highest BCUT2D eigenvalue weighted by Gasteiger charge is 2.14. The van der Waals surface area contributed by atoms with E-state index in [0.717, 1.165) is 144 Å². The normalized spacial score (nSPS) is 11.6. The van der Waals surface area contributed by atoms with Crippen molar-refractivity contribution in [2.24, 2.45) is 0 Å². The number of aromatic nitrogens is 12. The minimum Gasteiger partial charge on any atom is -0.377 e. The average molecular weight is 1290 g/mol. The van der Waals surface area contributed by atoms with Crippen molar-refractivity contribution >= 4 is 0 Å². The van der Waals surface area contributed by atoms with E-state index in [0.29, 0.717) is 79.0 Å². The summed E-state index contributed by atoms with van der Waals surface area (Å²) in [6.07, 6.45) is 15.7. The molecule has 22 heteroatoms. The van der Waals surface area contributed by atoms with Gasteiger partial charge in [-0.2, -0.15) is 0 Å². The number of hydrogen-bond donors (Lipinski definition) is 12. The molecule has 0 amide bonds. The van der Waals surface area contributed by atoms with E-state index in [1.165, 1.54) is 33.4 Å². The lowest BCUT2D eigenvalue weighted by Gasteiger charge is -2.15. The van der Waals surface area contributed by atoms with Gasteiger partial charge in [0.05, 0.1) is 78.3 Å². The van der Waals surface area contributed by atoms with Crippen LogP contribution in [0.25, 0.3) is 22.3 Å². The summed E-state index contributed by atoms with van der Waals surface area (Å²) in [6.45, 7) is 13.1. The number of aromatic amines is 6. The first-order valence-electron chi connectivity index (χ1n) is 33.1. The van der Waals surface area contributed by atoms with Gasteiger partial charge in [0.25, 0.3) is 0 Å². The molecular weight excluding hydrogens is 1200 g/mol. The van der Waals surface area contributed by atoms with Crippen LogP contribution in [0.4, 0.5) is 0 Å². The first-order valence-corrected chi connectivity index (χ1v) is 33.1. The van der Waals surface area contributed by atoms with Gasteiger partial charge in [0.15, 0.2) is 0 Å². The van der Waals surface area contributed by atoms with Gasteiger partial charge in [-0.25, -0.2) is 9.36 Å². The van der Waals surface area contributed by atoms with Crippen LogP contribution in [0.15, 0.2) is 195 Å². The summed E-state index contributed by atoms with van der Waals surface area (Å²) in [4.78, 5) is 19.8. The van der Waals surface area contributed by atoms with Crippen molar-refractivity contribution in [3.05, 3.63) is 285 Å². The minimum absolute atomic E-state index is 0.324. The average Bonchev–Trinajstić information content (AvgIpc) is 0.885. The zero-order valence-corrected chi connectivity index (χ0v) is 54.3. The van der Waals surface area contributed by atoms with E-state index in [4.69, 9.17) is 18.9 Å². The minimum atomic E-state index is 0.324. The number of nitrogens with zero attached hydrogens (tertiary/aromatic N) is 6. The van der Waals surface area contributed by atoms with E-state index in [2.05, 4.69) is 192 Å². The van der Waals surface area contributed by atoms with E-state index < -0.39 is 0 Å². The van der Waals surface area contributed by atoms with Crippen molar-refractivity contribution in [1.29, 1.82) is 0 Å². The summed E-state index contributed by atoms with van der Waals surface area (Å²) >= 11 is 0. The Hall–Kier alpha value is -9.56. The van der Waals surface area contributed by atoms with Crippen LogP contribution in [0.3, 0.4) is 0 Å². The van der Waals surface area contributed by atoms with Gasteiger partial charge in [-0.15, -0.1) is 10.2 Å². The molecule has 0 saturated carbocycles. The van der Waals surface area contributed by atoms with E-state index >= 15 is 0 Å². The first-order chi connectivity index (χ1) is 47.5. The third-order valence-electron chi connectivity index (χ3n) is 16.2. The quantitative estimate of drug-likeness (QED) is 0.0159. The fraction of sp³-hybridized carbons (Fsp3) is 0.297. The summed E-state index contributed by atoms with van der Waals surface area (Å²) in [5.74, 6) is 0. The Labute approximate surface area is 560 Å². The molecule has 96 heavy (non-hydrogen) atoms. The van der Waals surface area contributed by atoms with Crippen molar-refractivity contribution in [3.63, 3.8) is 0 Å². The van der Waals surface area contributed by atoms with Crippen LogP contribution < -0.4 is 31.9 Å². The van der Waals surface area contributed by atoms with Crippen molar-refractivity contribution in [1.82, 2.24) is 91.8 Å². The second kappa shape index (κ2) is 35.8. The zero-order valence-electron chi connectivity index (χ0n) is 54.3. The zero-order chi connectivity index (χ0) is 65.0. The molecule has 4 aromatic carbocycles. The molecule has 12 N–H and O–H groups in total. The monoisotopic (exact) mass is 1290 g/mol. The van der Waals surface area contributed by atoms with Crippen LogP contribution in [-0.2, 0) is 124 Å². The molecule has 0 aliphatic heterocycles. The van der Waals surface area contributed by atoms with Gasteiger partial charge in [-0.1, -0.05) is 34.7 Å². The van der Waals surface area contributed by atoms with Crippen molar-refractivity contribution < 1.29 is 18.9 Å². The number of rotatable bonds is 43. The predicted molar refractivity (Wildman–Crippen MR) is 371 cm³/mol. The molecule has 8 heterocycles. The lowest BCUT2D eigenvalue weighted by atomic mass is 9.96. The van der Waals surface area contributed by atoms with E-state index in [-0.39, 0.29) is 0 Å². The Balaban J connectivity index is 0.583. The Morgan fingerprint density at radius 2 is 0.521 bits per heavy atom. The first kappa shape index (κ1) is 66.5. The molecule has 0 aliphatic carbocycles. The van der Waals surface area contributed by atoms with Gasteiger partial charge in [-0.3, -0.25) is 0 Å². The lowest BCUT2D eigenvalue weighted by Crippen LogP contribution is -2.15. The molecule has 0 unspecified atom stereocenters.